The predicted octanol–water partition coefficient (Wildman–Crippen LogP) is 3.40. The summed E-state index contributed by atoms with van der Waals surface area (Å²) in [6, 6.07) is 18.9. The average Bonchev–Trinajstić information content (AvgIpc) is 3.31. The van der Waals surface area contributed by atoms with Crippen LogP contribution in [0.2, 0.25) is 0 Å². The Morgan fingerprint density at radius 2 is 1.58 bits per heavy atom. The summed E-state index contributed by atoms with van der Waals surface area (Å²) in [5, 5.41) is 13.3. The first-order valence-corrected chi connectivity index (χ1v) is 9.76. The molecule has 9 nitrogen and oxygen atoms in total. The number of anilines is 2. The Balaban J connectivity index is 1.33. The summed E-state index contributed by atoms with van der Waals surface area (Å²) in [5.74, 6) is -1.13. The van der Waals surface area contributed by atoms with Crippen molar-refractivity contribution in [3.05, 3.63) is 88.2 Å². The number of carbonyl (C=O) groups excluding carboxylic acids is 2. The largest absolute Gasteiger partial charge is 0.433 e. The molecule has 2 aromatic carbocycles. The molecule has 0 saturated carbocycles. The lowest BCUT2D eigenvalue weighted by Crippen LogP contribution is -2.48. The highest BCUT2D eigenvalue weighted by Gasteiger charge is 2.22. The van der Waals surface area contributed by atoms with Gasteiger partial charge >= 0.3 is 5.88 Å². The Bertz CT molecular complexity index is 1090. The quantitative estimate of drug-likeness (QED) is 0.501. The summed E-state index contributed by atoms with van der Waals surface area (Å²) < 4.78 is 4.91. The van der Waals surface area contributed by atoms with E-state index in [1.54, 1.807) is 12.1 Å². The number of piperazine rings is 1. The molecule has 3 aromatic rings. The SMILES string of the molecule is O=C(Nc1ccc(N2CCN(C(=O)c3ccccc3)CC2)cc1)c1ccc([N+](=O)[O-])o1. The zero-order valence-electron chi connectivity index (χ0n) is 16.6. The van der Waals surface area contributed by atoms with E-state index in [0.717, 1.165) is 11.8 Å². The number of carbonyl (C=O) groups is 2. The fourth-order valence-corrected chi connectivity index (χ4v) is 3.43. The number of rotatable bonds is 5. The molecule has 158 valence electrons. The van der Waals surface area contributed by atoms with Crippen molar-refractivity contribution in [2.75, 3.05) is 36.4 Å². The van der Waals surface area contributed by atoms with Crippen molar-refractivity contribution >= 4 is 29.1 Å². The van der Waals surface area contributed by atoms with Crippen LogP contribution in [0, 0.1) is 10.1 Å². The maximum atomic E-state index is 12.6. The van der Waals surface area contributed by atoms with Crippen LogP contribution >= 0.6 is 0 Å². The highest BCUT2D eigenvalue weighted by molar-refractivity contribution is 6.02. The number of hydrogen-bond donors (Lipinski definition) is 1. The van der Waals surface area contributed by atoms with Crippen LogP contribution in [-0.2, 0) is 0 Å². The standard InChI is InChI=1S/C22H20N4O5/c27-21(19-10-11-20(31-19)26(29)30)23-17-6-8-18(9-7-17)24-12-14-25(15-13-24)22(28)16-4-2-1-3-5-16/h1-11H,12-15H2,(H,23,27). The van der Waals surface area contributed by atoms with E-state index in [0.29, 0.717) is 37.4 Å². The number of hydrogen-bond acceptors (Lipinski definition) is 6. The second-order valence-electron chi connectivity index (χ2n) is 7.04. The molecule has 2 amide bonds. The smallest absolute Gasteiger partial charge is 0.395 e. The Morgan fingerprint density at radius 3 is 2.19 bits per heavy atom. The van der Waals surface area contributed by atoms with E-state index >= 15 is 0 Å². The van der Waals surface area contributed by atoms with Gasteiger partial charge in [0.1, 0.15) is 4.92 Å². The van der Waals surface area contributed by atoms with Crippen LogP contribution in [0.3, 0.4) is 0 Å². The molecule has 0 radical (unpaired) electrons. The lowest BCUT2D eigenvalue weighted by Gasteiger charge is -2.36. The Kier molecular flexibility index (Phi) is 5.65. The first-order chi connectivity index (χ1) is 15.0. The zero-order chi connectivity index (χ0) is 21.8. The molecular weight excluding hydrogens is 400 g/mol. The van der Waals surface area contributed by atoms with Gasteiger partial charge in [0, 0.05) is 43.1 Å². The minimum absolute atomic E-state index is 0.0384. The second-order valence-corrected chi connectivity index (χ2v) is 7.04. The van der Waals surface area contributed by atoms with Crippen LogP contribution in [0.5, 0.6) is 0 Å². The summed E-state index contributed by atoms with van der Waals surface area (Å²) >= 11 is 0. The molecule has 0 atom stereocenters. The van der Waals surface area contributed by atoms with Gasteiger partial charge in [-0.3, -0.25) is 19.7 Å². The van der Waals surface area contributed by atoms with Crippen LogP contribution in [0.25, 0.3) is 0 Å². The minimum atomic E-state index is -0.696. The molecule has 1 aliphatic rings. The van der Waals surface area contributed by atoms with Crippen LogP contribution in [0.15, 0.2) is 71.1 Å². The van der Waals surface area contributed by atoms with Crippen molar-refractivity contribution < 1.29 is 18.9 Å². The van der Waals surface area contributed by atoms with E-state index in [-0.39, 0.29) is 11.7 Å². The van der Waals surface area contributed by atoms with E-state index in [1.807, 2.05) is 47.4 Å². The van der Waals surface area contributed by atoms with Crippen molar-refractivity contribution in [1.82, 2.24) is 4.90 Å². The van der Waals surface area contributed by atoms with Crippen LogP contribution in [0.1, 0.15) is 20.9 Å². The fourth-order valence-electron chi connectivity index (χ4n) is 3.43. The molecule has 1 aliphatic heterocycles. The van der Waals surface area contributed by atoms with Crippen LogP contribution < -0.4 is 10.2 Å². The van der Waals surface area contributed by atoms with Crippen molar-refractivity contribution in [1.29, 1.82) is 0 Å². The minimum Gasteiger partial charge on any atom is -0.395 e. The first-order valence-electron chi connectivity index (χ1n) is 9.76. The van der Waals surface area contributed by atoms with Gasteiger partial charge in [-0.1, -0.05) is 18.2 Å². The van der Waals surface area contributed by atoms with Gasteiger partial charge in [-0.2, -0.15) is 0 Å². The van der Waals surface area contributed by atoms with Gasteiger partial charge in [0.25, 0.3) is 11.8 Å². The first kappa shape index (κ1) is 20.1. The molecule has 31 heavy (non-hydrogen) atoms. The predicted molar refractivity (Wildman–Crippen MR) is 114 cm³/mol. The Labute approximate surface area is 178 Å². The summed E-state index contributed by atoms with van der Waals surface area (Å²) in [7, 11) is 0. The van der Waals surface area contributed by atoms with Crippen molar-refractivity contribution in [3.63, 3.8) is 0 Å². The van der Waals surface area contributed by atoms with Crippen molar-refractivity contribution in [2.24, 2.45) is 0 Å². The molecule has 1 N–H and O–H groups in total. The highest BCUT2D eigenvalue weighted by Crippen LogP contribution is 2.22. The van der Waals surface area contributed by atoms with Crippen LogP contribution in [0.4, 0.5) is 17.3 Å². The summed E-state index contributed by atoms with van der Waals surface area (Å²) in [6.07, 6.45) is 0. The molecule has 0 bridgehead atoms. The lowest BCUT2D eigenvalue weighted by atomic mass is 10.1. The van der Waals surface area contributed by atoms with Gasteiger partial charge < -0.3 is 19.5 Å². The van der Waals surface area contributed by atoms with Crippen molar-refractivity contribution in [3.8, 4) is 0 Å². The van der Waals surface area contributed by atoms with Gasteiger partial charge in [-0.05, 0) is 42.5 Å². The summed E-state index contributed by atoms with van der Waals surface area (Å²) in [5.41, 5.74) is 2.22. The van der Waals surface area contributed by atoms with Gasteiger partial charge in [-0.15, -0.1) is 0 Å². The molecular formula is C22H20N4O5. The maximum absolute atomic E-state index is 12.6. The van der Waals surface area contributed by atoms with E-state index in [1.165, 1.54) is 6.07 Å². The van der Waals surface area contributed by atoms with Crippen LogP contribution in [-0.4, -0.2) is 47.8 Å². The van der Waals surface area contributed by atoms with E-state index in [2.05, 4.69) is 10.2 Å². The second kappa shape index (κ2) is 8.70. The normalized spacial score (nSPS) is 13.7. The topological polar surface area (TPSA) is 109 Å². The lowest BCUT2D eigenvalue weighted by molar-refractivity contribution is -0.402. The van der Waals surface area contributed by atoms with Gasteiger partial charge in [0.2, 0.25) is 0 Å². The molecule has 0 aliphatic carbocycles. The number of nitro groups is 1. The zero-order valence-corrected chi connectivity index (χ0v) is 16.6. The monoisotopic (exact) mass is 420 g/mol. The molecule has 9 heteroatoms. The number of benzene rings is 2. The van der Waals surface area contributed by atoms with E-state index in [4.69, 9.17) is 4.42 Å². The number of nitrogens with one attached hydrogen (secondary N) is 1. The third kappa shape index (κ3) is 4.55. The molecule has 2 heterocycles. The fraction of sp³-hybridized carbons (Fsp3) is 0.182. The van der Waals surface area contributed by atoms with Gasteiger partial charge in [-0.25, -0.2) is 0 Å². The Hall–Kier alpha value is -4.14. The van der Waals surface area contributed by atoms with E-state index in [9.17, 15) is 19.7 Å². The maximum Gasteiger partial charge on any atom is 0.433 e. The molecule has 1 fully saturated rings. The number of furan rings is 1. The molecule has 0 unspecified atom stereocenters. The number of nitrogens with zero attached hydrogens (tertiary/aromatic N) is 3. The third-order valence-corrected chi connectivity index (χ3v) is 5.07. The van der Waals surface area contributed by atoms with Crippen molar-refractivity contribution in [2.45, 2.75) is 0 Å². The molecule has 1 saturated heterocycles. The Morgan fingerprint density at radius 1 is 0.903 bits per heavy atom. The summed E-state index contributed by atoms with van der Waals surface area (Å²) in [4.78, 5) is 38.7. The van der Waals surface area contributed by atoms with Gasteiger partial charge in [0.15, 0.2) is 5.76 Å². The molecule has 4 rings (SSSR count). The molecule has 1 aromatic heterocycles. The number of amides is 2. The summed E-state index contributed by atoms with van der Waals surface area (Å²) in [6.45, 7) is 2.67. The highest BCUT2D eigenvalue weighted by atomic mass is 16.6. The van der Waals surface area contributed by atoms with E-state index < -0.39 is 16.7 Å². The molecule has 0 spiro atoms. The average molecular weight is 420 g/mol. The van der Waals surface area contributed by atoms with Gasteiger partial charge in [0.05, 0.1) is 6.07 Å². The third-order valence-electron chi connectivity index (χ3n) is 5.07.